The summed E-state index contributed by atoms with van der Waals surface area (Å²) in [5.74, 6) is -1.55. The molecule has 26 heavy (non-hydrogen) atoms. The van der Waals surface area contributed by atoms with Crippen molar-refractivity contribution in [2.45, 2.75) is 51.7 Å². The predicted octanol–water partition coefficient (Wildman–Crippen LogP) is 3.79. The van der Waals surface area contributed by atoms with E-state index in [9.17, 15) is 18.4 Å². The molecule has 1 atom stereocenters. The van der Waals surface area contributed by atoms with Crippen LogP contribution in [0.5, 0.6) is 0 Å². The maximum absolute atomic E-state index is 13.9. The second-order valence-corrected chi connectivity index (χ2v) is 8.21. The molecule has 0 aliphatic carbocycles. The highest BCUT2D eigenvalue weighted by atomic mass is 79.9. The van der Waals surface area contributed by atoms with Crippen LogP contribution in [0, 0.1) is 11.6 Å². The van der Waals surface area contributed by atoms with E-state index >= 15 is 0 Å². The molecule has 1 aromatic rings. The maximum Gasteiger partial charge on any atom is 0.407 e. The minimum atomic E-state index is -0.632. The lowest BCUT2D eigenvalue weighted by Crippen LogP contribution is -2.50. The van der Waals surface area contributed by atoms with Gasteiger partial charge in [-0.15, -0.1) is 0 Å². The molecule has 0 unspecified atom stereocenters. The summed E-state index contributed by atoms with van der Waals surface area (Å²) in [5.41, 5.74) is -0.588. The Labute approximate surface area is 160 Å². The van der Waals surface area contributed by atoms with E-state index in [-0.39, 0.29) is 28.4 Å². The van der Waals surface area contributed by atoms with Crippen LogP contribution >= 0.6 is 15.9 Å². The topological polar surface area (TPSA) is 58.6 Å². The van der Waals surface area contributed by atoms with Crippen LogP contribution < -0.4 is 5.32 Å². The Morgan fingerprint density at radius 2 is 2.00 bits per heavy atom. The number of benzene rings is 1. The number of carbonyl (C=O) groups excluding carboxylic acids is 2. The van der Waals surface area contributed by atoms with Gasteiger partial charge in [0.25, 0.3) is 0 Å². The first-order valence-corrected chi connectivity index (χ1v) is 9.25. The fraction of sp³-hybridized carbons (Fsp3) is 0.556. The molecular weight excluding hydrogens is 410 g/mol. The third kappa shape index (κ3) is 5.93. The molecule has 144 valence electrons. The van der Waals surface area contributed by atoms with Crippen LogP contribution in [-0.2, 0) is 16.0 Å². The molecule has 0 spiro atoms. The van der Waals surface area contributed by atoms with Gasteiger partial charge in [0.2, 0.25) is 5.91 Å². The molecule has 1 heterocycles. The molecule has 0 bridgehead atoms. The largest absolute Gasteiger partial charge is 0.444 e. The fourth-order valence-corrected chi connectivity index (χ4v) is 3.09. The number of halogens is 3. The number of hydrogen-bond acceptors (Lipinski definition) is 3. The predicted molar refractivity (Wildman–Crippen MR) is 96.7 cm³/mol. The Morgan fingerprint density at radius 3 is 2.65 bits per heavy atom. The second-order valence-electron chi connectivity index (χ2n) is 7.36. The zero-order valence-electron chi connectivity index (χ0n) is 15.1. The average Bonchev–Trinajstić information content (AvgIpc) is 2.50. The zero-order chi connectivity index (χ0) is 19.5. The maximum atomic E-state index is 13.9. The Balaban J connectivity index is 1.95. The number of amides is 2. The molecule has 2 rings (SSSR count). The van der Waals surface area contributed by atoms with Gasteiger partial charge in [-0.1, -0.05) is 0 Å². The quantitative estimate of drug-likeness (QED) is 0.739. The summed E-state index contributed by atoms with van der Waals surface area (Å²) >= 11 is 2.91. The van der Waals surface area contributed by atoms with E-state index < -0.39 is 23.3 Å². The van der Waals surface area contributed by atoms with Gasteiger partial charge in [0.05, 0.1) is 10.9 Å². The van der Waals surface area contributed by atoms with Crippen molar-refractivity contribution in [3.05, 3.63) is 33.8 Å². The number of alkyl carbamates (subject to hydrolysis) is 1. The van der Waals surface area contributed by atoms with Crippen molar-refractivity contribution in [1.29, 1.82) is 0 Å². The van der Waals surface area contributed by atoms with Crippen molar-refractivity contribution in [3.63, 3.8) is 0 Å². The lowest BCUT2D eigenvalue weighted by atomic mass is 10.0. The Morgan fingerprint density at radius 1 is 1.31 bits per heavy atom. The molecule has 1 fully saturated rings. The summed E-state index contributed by atoms with van der Waals surface area (Å²) in [6, 6.07) is 1.81. The molecule has 5 nitrogen and oxygen atoms in total. The number of likely N-dealkylation sites (tertiary alicyclic amines) is 1. The summed E-state index contributed by atoms with van der Waals surface area (Å²) in [7, 11) is 0. The molecule has 1 aromatic carbocycles. The van der Waals surface area contributed by atoms with Crippen molar-refractivity contribution >= 4 is 27.9 Å². The van der Waals surface area contributed by atoms with Crippen LogP contribution in [0.4, 0.5) is 13.6 Å². The van der Waals surface area contributed by atoms with Crippen molar-refractivity contribution in [3.8, 4) is 0 Å². The van der Waals surface area contributed by atoms with Crippen LogP contribution in [-0.4, -0.2) is 41.6 Å². The standard InChI is InChI=1S/C18H23BrF2N2O3/c1-18(2,3)26-17(25)22-12-5-4-6-23(10-12)16(24)8-11-7-15(21)13(19)9-14(11)20/h7,9,12H,4-6,8,10H2,1-3H3,(H,22,25)/t12-/m1/s1. The summed E-state index contributed by atoms with van der Waals surface area (Å²) in [6.07, 6.45) is 0.681. The van der Waals surface area contributed by atoms with Gasteiger partial charge in [0.1, 0.15) is 17.2 Å². The molecule has 1 aliphatic heterocycles. The summed E-state index contributed by atoms with van der Waals surface area (Å²) in [5, 5.41) is 2.76. The smallest absolute Gasteiger partial charge is 0.407 e. The number of nitrogens with one attached hydrogen (secondary N) is 1. The average molecular weight is 433 g/mol. The molecule has 0 saturated carbocycles. The number of hydrogen-bond donors (Lipinski definition) is 1. The first kappa shape index (κ1) is 20.6. The minimum Gasteiger partial charge on any atom is -0.444 e. The third-order valence-electron chi connectivity index (χ3n) is 3.93. The minimum absolute atomic E-state index is 0.0120. The number of ether oxygens (including phenoxy) is 1. The molecular formula is C18H23BrF2N2O3. The SMILES string of the molecule is CC(C)(C)OC(=O)N[C@@H]1CCCN(C(=O)Cc2cc(F)c(Br)cc2F)C1. The molecule has 1 saturated heterocycles. The monoisotopic (exact) mass is 432 g/mol. The highest BCUT2D eigenvalue weighted by Gasteiger charge is 2.27. The Bertz CT molecular complexity index is 692. The number of piperidine rings is 1. The van der Waals surface area contributed by atoms with Crippen molar-refractivity contribution in [2.75, 3.05) is 13.1 Å². The third-order valence-corrected chi connectivity index (χ3v) is 4.53. The summed E-state index contributed by atoms with van der Waals surface area (Å²) in [6.45, 7) is 6.16. The second kappa shape index (κ2) is 8.33. The Hall–Kier alpha value is -1.70. The molecule has 8 heteroatoms. The van der Waals surface area contributed by atoms with E-state index in [1.165, 1.54) is 0 Å². The van der Waals surface area contributed by atoms with E-state index in [4.69, 9.17) is 4.74 Å². The Kier molecular flexibility index (Phi) is 6.60. The van der Waals surface area contributed by atoms with Crippen LogP contribution in [0.3, 0.4) is 0 Å². The van der Waals surface area contributed by atoms with Crippen molar-refractivity contribution in [1.82, 2.24) is 10.2 Å². The van der Waals surface area contributed by atoms with E-state index in [1.807, 2.05) is 0 Å². The van der Waals surface area contributed by atoms with Crippen LogP contribution in [0.2, 0.25) is 0 Å². The summed E-state index contributed by atoms with van der Waals surface area (Å²) < 4.78 is 32.8. The highest BCUT2D eigenvalue weighted by molar-refractivity contribution is 9.10. The fourth-order valence-electron chi connectivity index (χ4n) is 2.77. The van der Waals surface area contributed by atoms with Crippen molar-refractivity contribution in [2.24, 2.45) is 0 Å². The van der Waals surface area contributed by atoms with Gasteiger partial charge in [-0.05, 0) is 61.7 Å². The van der Waals surface area contributed by atoms with Crippen LogP contribution in [0.1, 0.15) is 39.2 Å². The molecule has 1 N–H and O–H groups in total. The number of nitrogens with zero attached hydrogens (tertiary/aromatic N) is 1. The highest BCUT2D eigenvalue weighted by Crippen LogP contribution is 2.21. The van der Waals surface area contributed by atoms with Crippen molar-refractivity contribution < 1.29 is 23.1 Å². The van der Waals surface area contributed by atoms with Crippen LogP contribution in [0.15, 0.2) is 16.6 Å². The van der Waals surface area contributed by atoms with Gasteiger partial charge in [-0.2, -0.15) is 0 Å². The lowest BCUT2D eigenvalue weighted by Gasteiger charge is -2.33. The normalized spacial score (nSPS) is 17.8. The molecule has 1 aliphatic rings. The van der Waals surface area contributed by atoms with Gasteiger partial charge < -0.3 is 15.0 Å². The summed E-state index contributed by atoms with van der Waals surface area (Å²) in [4.78, 5) is 25.9. The van der Waals surface area contributed by atoms with Gasteiger partial charge in [0.15, 0.2) is 0 Å². The first-order chi connectivity index (χ1) is 12.0. The van der Waals surface area contributed by atoms with Gasteiger partial charge >= 0.3 is 6.09 Å². The lowest BCUT2D eigenvalue weighted by molar-refractivity contribution is -0.131. The molecule has 0 aromatic heterocycles. The van der Waals surface area contributed by atoms with Crippen LogP contribution in [0.25, 0.3) is 0 Å². The first-order valence-electron chi connectivity index (χ1n) is 8.46. The van der Waals surface area contributed by atoms with E-state index in [0.717, 1.165) is 18.6 Å². The molecule has 0 radical (unpaired) electrons. The zero-order valence-corrected chi connectivity index (χ0v) is 16.7. The van der Waals surface area contributed by atoms with E-state index in [0.29, 0.717) is 19.5 Å². The van der Waals surface area contributed by atoms with E-state index in [1.54, 1.807) is 25.7 Å². The van der Waals surface area contributed by atoms with Gasteiger partial charge in [-0.25, -0.2) is 13.6 Å². The number of carbonyl (C=O) groups is 2. The molecule has 2 amide bonds. The number of rotatable bonds is 3. The van der Waals surface area contributed by atoms with Gasteiger partial charge in [-0.3, -0.25) is 4.79 Å². The van der Waals surface area contributed by atoms with Gasteiger partial charge in [0, 0.05) is 24.7 Å². The van der Waals surface area contributed by atoms with E-state index in [2.05, 4.69) is 21.2 Å².